The van der Waals surface area contributed by atoms with Crippen molar-refractivity contribution in [1.82, 2.24) is 9.97 Å². The molecule has 74 valence electrons. The summed E-state index contributed by atoms with van der Waals surface area (Å²) in [5, 5.41) is 0. The molecule has 2 heterocycles. The molecular weight excluding hydrogens is 232 g/mol. The van der Waals surface area contributed by atoms with Gasteiger partial charge >= 0.3 is 0 Å². The molecule has 2 rings (SSSR count). The van der Waals surface area contributed by atoms with Gasteiger partial charge in [0, 0.05) is 36.2 Å². The van der Waals surface area contributed by atoms with Gasteiger partial charge in [-0.3, -0.25) is 9.97 Å². The first-order chi connectivity index (χ1) is 6.79. The Hall–Kier alpha value is -0.130. The van der Waals surface area contributed by atoms with Crippen LogP contribution in [0.25, 0.3) is 0 Å². The fourth-order valence-electron chi connectivity index (χ4n) is 1.39. The Kier molecular flexibility index (Phi) is 3.41. The first-order valence-electron chi connectivity index (χ1n) is 4.38. The zero-order chi connectivity index (χ0) is 9.97. The predicted octanol–water partition coefficient (Wildman–Crippen LogP) is 2.92. The molecular formula is C9H10N2S3. The average Bonchev–Trinajstić information content (AvgIpc) is 2.23. The Morgan fingerprint density at radius 1 is 1.50 bits per heavy atom. The Morgan fingerprint density at radius 3 is 3.07 bits per heavy atom. The maximum absolute atomic E-state index is 5.30. The van der Waals surface area contributed by atoms with Crippen LogP contribution in [0.4, 0.5) is 0 Å². The summed E-state index contributed by atoms with van der Waals surface area (Å²) in [5.41, 5.74) is 1.06. The van der Waals surface area contributed by atoms with Crippen LogP contribution in [-0.4, -0.2) is 19.9 Å². The lowest BCUT2D eigenvalue weighted by Crippen LogP contribution is -2.22. The largest absolute Gasteiger partial charge is 0.261 e. The highest BCUT2D eigenvalue weighted by molar-refractivity contribution is 8.83. The summed E-state index contributed by atoms with van der Waals surface area (Å²) in [4.78, 5) is 8.44. The second-order valence-electron chi connectivity index (χ2n) is 3.21. The number of hydrogen-bond acceptors (Lipinski definition) is 5. The van der Waals surface area contributed by atoms with E-state index in [1.807, 2.05) is 17.0 Å². The van der Waals surface area contributed by atoms with Gasteiger partial charge in [-0.1, -0.05) is 40.7 Å². The summed E-state index contributed by atoms with van der Waals surface area (Å²) in [7, 11) is 3.54. The Morgan fingerprint density at radius 2 is 2.36 bits per heavy atom. The summed E-state index contributed by atoms with van der Waals surface area (Å²) in [6, 6.07) is 0. The molecule has 0 radical (unpaired) electrons. The van der Waals surface area contributed by atoms with E-state index in [9.17, 15) is 0 Å². The van der Waals surface area contributed by atoms with Crippen molar-refractivity contribution in [3.8, 4) is 0 Å². The van der Waals surface area contributed by atoms with Crippen LogP contribution in [0.15, 0.2) is 18.6 Å². The van der Waals surface area contributed by atoms with Gasteiger partial charge in [0.05, 0.1) is 9.89 Å². The third-order valence-corrected chi connectivity index (χ3v) is 5.71. The van der Waals surface area contributed by atoms with Crippen LogP contribution in [0.1, 0.15) is 18.5 Å². The summed E-state index contributed by atoms with van der Waals surface area (Å²) in [6.07, 6.45) is 5.30. The van der Waals surface area contributed by atoms with E-state index in [1.54, 1.807) is 23.2 Å². The molecule has 14 heavy (non-hydrogen) atoms. The molecule has 0 aliphatic carbocycles. The zero-order valence-electron chi connectivity index (χ0n) is 7.71. The Bertz CT molecular complexity index is 328. The molecule has 2 unspecified atom stereocenters. The van der Waals surface area contributed by atoms with Gasteiger partial charge in [-0.2, -0.15) is 0 Å². The van der Waals surface area contributed by atoms with E-state index in [1.165, 1.54) is 0 Å². The first kappa shape index (κ1) is 10.4. The molecule has 5 heteroatoms. The minimum Gasteiger partial charge on any atom is -0.261 e. The summed E-state index contributed by atoms with van der Waals surface area (Å²) in [6.45, 7) is 2.17. The third kappa shape index (κ3) is 2.10. The van der Waals surface area contributed by atoms with Gasteiger partial charge in [-0.05, 0) is 0 Å². The van der Waals surface area contributed by atoms with Gasteiger partial charge in [0.2, 0.25) is 0 Å². The highest BCUT2D eigenvalue weighted by Gasteiger charge is 2.28. The molecule has 0 aromatic carbocycles. The number of thiocarbonyl (C=S) groups is 1. The molecule has 2 nitrogen and oxygen atoms in total. The van der Waals surface area contributed by atoms with Crippen LogP contribution in [-0.2, 0) is 0 Å². The minimum atomic E-state index is 0.424. The maximum Gasteiger partial charge on any atom is 0.0632 e. The lowest BCUT2D eigenvalue weighted by atomic mass is 9.94. The molecule has 1 saturated heterocycles. The van der Waals surface area contributed by atoms with Crippen LogP contribution in [0, 0.1) is 5.92 Å². The second-order valence-corrected chi connectivity index (χ2v) is 6.29. The van der Waals surface area contributed by atoms with E-state index in [2.05, 4.69) is 16.9 Å². The number of rotatable bonds is 1. The van der Waals surface area contributed by atoms with E-state index in [-0.39, 0.29) is 0 Å². The third-order valence-electron chi connectivity index (χ3n) is 2.33. The maximum atomic E-state index is 5.30. The van der Waals surface area contributed by atoms with E-state index < -0.39 is 0 Å². The monoisotopic (exact) mass is 242 g/mol. The summed E-state index contributed by atoms with van der Waals surface area (Å²) < 4.78 is 1.08. The van der Waals surface area contributed by atoms with E-state index >= 15 is 0 Å². The molecule has 1 fully saturated rings. The molecule has 1 aromatic rings. The molecule has 0 amide bonds. The Labute approximate surface area is 96.7 Å². The predicted molar refractivity (Wildman–Crippen MR) is 66.6 cm³/mol. The molecule has 0 spiro atoms. The van der Waals surface area contributed by atoms with Crippen LogP contribution in [0.5, 0.6) is 0 Å². The van der Waals surface area contributed by atoms with Crippen molar-refractivity contribution in [3.05, 3.63) is 24.3 Å². The standard InChI is InChI=1S/C9H10N2S3/c1-6-7(5-13-14-9(6)12)8-4-10-2-3-11-8/h2-4,6-7H,5H2,1H3. The van der Waals surface area contributed by atoms with E-state index in [0.717, 1.165) is 15.6 Å². The molecule has 0 saturated carbocycles. The van der Waals surface area contributed by atoms with Crippen LogP contribution in [0.2, 0.25) is 0 Å². The fourth-order valence-corrected chi connectivity index (χ4v) is 4.54. The van der Waals surface area contributed by atoms with Gasteiger partial charge in [0.1, 0.15) is 0 Å². The molecule has 0 N–H and O–H groups in total. The SMILES string of the molecule is CC1C(=S)SSCC1c1cnccn1. The molecule has 0 bridgehead atoms. The van der Waals surface area contributed by atoms with Crippen LogP contribution in [0.3, 0.4) is 0 Å². The second kappa shape index (κ2) is 4.59. The quantitative estimate of drug-likeness (QED) is 0.557. The number of aromatic nitrogens is 2. The van der Waals surface area contributed by atoms with Crippen molar-refractivity contribution >= 4 is 38.0 Å². The highest BCUT2D eigenvalue weighted by Crippen LogP contribution is 2.42. The lowest BCUT2D eigenvalue weighted by molar-refractivity contribution is 0.624. The molecule has 1 aliphatic heterocycles. The van der Waals surface area contributed by atoms with E-state index in [0.29, 0.717) is 11.8 Å². The smallest absolute Gasteiger partial charge is 0.0632 e. The first-order valence-corrected chi connectivity index (χ1v) is 7.11. The van der Waals surface area contributed by atoms with Gasteiger partial charge in [-0.25, -0.2) is 0 Å². The van der Waals surface area contributed by atoms with E-state index in [4.69, 9.17) is 12.2 Å². The molecule has 2 atom stereocenters. The van der Waals surface area contributed by atoms with Gasteiger partial charge in [0.15, 0.2) is 0 Å². The summed E-state index contributed by atoms with van der Waals surface area (Å²) >= 11 is 5.30. The number of hydrogen-bond donors (Lipinski definition) is 0. The van der Waals surface area contributed by atoms with Crippen molar-refractivity contribution in [2.45, 2.75) is 12.8 Å². The zero-order valence-corrected chi connectivity index (χ0v) is 10.2. The molecule has 1 aromatic heterocycles. The normalized spacial score (nSPS) is 27.6. The van der Waals surface area contributed by atoms with Gasteiger partial charge in [-0.15, -0.1) is 0 Å². The molecule has 1 aliphatic rings. The van der Waals surface area contributed by atoms with Crippen molar-refractivity contribution in [2.24, 2.45) is 5.92 Å². The highest BCUT2D eigenvalue weighted by atomic mass is 33.1. The van der Waals surface area contributed by atoms with Crippen LogP contribution >= 0.6 is 33.8 Å². The summed E-state index contributed by atoms with van der Waals surface area (Å²) in [5.74, 6) is 1.93. The van der Waals surface area contributed by atoms with Crippen molar-refractivity contribution in [3.63, 3.8) is 0 Å². The number of nitrogens with zero attached hydrogens (tertiary/aromatic N) is 2. The lowest BCUT2D eigenvalue weighted by Gasteiger charge is -2.27. The van der Waals surface area contributed by atoms with Gasteiger partial charge < -0.3 is 0 Å². The fraction of sp³-hybridized carbons (Fsp3) is 0.444. The van der Waals surface area contributed by atoms with Crippen molar-refractivity contribution in [2.75, 3.05) is 5.75 Å². The minimum absolute atomic E-state index is 0.424. The topological polar surface area (TPSA) is 25.8 Å². The van der Waals surface area contributed by atoms with Crippen LogP contribution < -0.4 is 0 Å². The van der Waals surface area contributed by atoms with Crippen molar-refractivity contribution in [1.29, 1.82) is 0 Å². The Balaban J connectivity index is 2.22. The van der Waals surface area contributed by atoms with Gasteiger partial charge in [0.25, 0.3) is 0 Å². The average molecular weight is 242 g/mol. The van der Waals surface area contributed by atoms with Crippen molar-refractivity contribution < 1.29 is 0 Å².